The maximum atomic E-state index is 12.3. The van der Waals surface area contributed by atoms with E-state index >= 15 is 0 Å². The third-order valence-corrected chi connectivity index (χ3v) is 17.4. The Labute approximate surface area is 559 Å². The van der Waals surface area contributed by atoms with Gasteiger partial charge in [-0.25, -0.2) is 0 Å². The monoisotopic (exact) mass is 1440 g/mol. The predicted octanol–water partition coefficient (Wildman–Crippen LogP) is -15.1. The highest BCUT2D eigenvalue weighted by atomic mass is 16.8. The average Bonchev–Trinajstić information content (AvgIpc) is 0.773. The van der Waals surface area contributed by atoms with Gasteiger partial charge in [-0.15, -0.1) is 0 Å². The third kappa shape index (κ3) is 18.9. The van der Waals surface area contributed by atoms with Crippen LogP contribution in [0, 0.1) is 0 Å². The summed E-state index contributed by atoms with van der Waals surface area (Å²) in [7, 11) is 0. The summed E-state index contributed by atoms with van der Waals surface area (Å²) in [5.74, 6) is 0. The van der Waals surface area contributed by atoms with E-state index in [2.05, 4.69) is 0 Å². The Balaban J connectivity index is 1.21. The van der Waals surface area contributed by atoms with Crippen LogP contribution >= 0.6 is 0 Å². The van der Waals surface area contributed by atoms with Gasteiger partial charge in [0.25, 0.3) is 0 Å². The number of aliphatic hydroxyl groups is 21. The SMILES string of the molecule is OCCO[C@@H]1[C@H]2O[C@H]3[C@@H](O)[C@H](OCCO)[C@@H](O[C@H]4[C@@H](O)[C@H](OCCO)[C@@H](O[C@H]5[C@@H](O)[C@H](OCCO)[C@@H](O[C@H]6[C@@H](O)[C@H](OCCO)[C@@H](O[C@H]7[C@@H](O)[C@H](OCCO)[C@@H](O[C@H]8[C@@H](O)[C@H](OCCO)[C@@H](O[C@@H]([C@H]1O)[C@@H](CO)O2)O[C@@H]8CO)O[C@@H]7CO)O[C@@H]6CO)O[C@@H]5CO)O[C@@H]4CO)O[C@@H]3CO. The Kier molecular flexibility index (Phi) is 33.6. The van der Waals surface area contributed by atoms with Crippen LogP contribution in [0.2, 0.25) is 0 Å². The first-order valence-corrected chi connectivity index (χ1v) is 32.2. The van der Waals surface area contributed by atoms with Gasteiger partial charge in [-0.1, -0.05) is 0 Å². The highest BCUT2D eigenvalue weighted by Gasteiger charge is 2.61. The van der Waals surface area contributed by atoms with Crippen molar-refractivity contribution in [1.29, 1.82) is 0 Å². The fourth-order valence-corrected chi connectivity index (χ4v) is 12.9. The van der Waals surface area contributed by atoms with E-state index in [4.69, 9.17) is 99.5 Å². The molecule has 0 spiro atoms. The van der Waals surface area contributed by atoms with E-state index in [-0.39, 0.29) is 0 Å². The molecule has 0 aromatic heterocycles. The second-order valence-electron chi connectivity index (χ2n) is 23.6. The van der Waals surface area contributed by atoms with E-state index < -0.39 is 354 Å². The third-order valence-electron chi connectivity index (χ3n) is 17.4. The quantitative estimate of drug-likeness (QED) is 0.0346. The molecular weight excluding hydrogens is 1340 g/mol. The van der Waals surface area contributed by atoms with Crippen LogP contribution in [0.15, 0.2) is 0 Å². The van der Waals surface area contributed by atoms with Crippen LogP contribution in [0.1, 0.15) is 0 Å². The van der Waals surface area contributed by atoms with Gasteiger partial charge in [0.2, 0.25) is 0 Å². The summed E-state index contributed by atoms with van der Waals surface area (Å²) in [6.45, 7) is -16.1. The molecule has 0 saturated carbocycles. The van der Waals surface area contributed by atoms with Crippen molar-refractivity contribution in [2.24, 2.45) is 0 Å². The number of hydrogen-bond donors (Lipinski definition) is 21. The molecule has 15 aliphatic rings. The lowest BCUT2D eigenvalue weighted by molar-refractivity contribution is -0.402. The van der Waals surface area contributed by atoms with Gasteiger partial charge in [-0.05, 0) is 0 Å². The molecule has 0 amide bonds. The van der Waals surface area contributed by atoms with Gasteiger partial charge in [-0.3, -0.25) is 0 Å². The van der Waals surface area contributed by atoms with E-state index in [1.54, 1.807) is 0 Å². The molecule has 42 nitrogen and oxygen atoms in total. The van der Waals surface area contributed by atoms with Crippen molar-refractivity contribution in [1.82, 2.24) is 0 Å². The lowest BCUT2D eigenvalue weighted by Gasteiger charge is -2.51. The molecule has 42 heteroatoms. The second kappa shape index (κ2) is 40.2. The molecule has 15 fully saturated rings. The smallest absolute Gasteiger partial charge is 0.187 e. The van der Waals surface area contributed by atoms with Crippen LogP contribution in [0.3, 0.4) is 0 Å². The van der Waals surface area contributed by atoms with Gasteiger partial charge in [0, 0.05) is 0 Å². The van der Waals surface area contributed by atoms with Gasteiger partial charge in [0.05, 0.1) is 139 Å². The molecule has 0 aromatic carbocycles. The molecule has 21 N–H and O–H groups in total. The van der Waals surface area contributed by atoms with Crippen molar-refractivity contribution in [3.63, 3.8) is 0 Å². The number of ether oxygens (including phenoxy) is 21. The fraction of sp³-hybridized carbons (Fsp3) is 1.00. The molecular formula is C56H98O42. The maximum absolute atomic E-state index is 12.3. The zero-order valence-corrected chi connectivity index (χ0v) is 53.0. The molecule has 98 heavy (non-hydrogen) atoms. The topological polar surface area (TPSA) is 619 Å². The van der Waals surface area contributed by atoms with E-state index in [0.717, 1.165) is 0 Å². The van der Waals surface area contributed by atoms with Gasteiger partial charge < -0.3 is 207 Å². The number of hydrogen-bond acceptors (Lipinski definition) is 42. The molecule has 0 radical (unpaired) electrons. The Bertz CT molecular complexity index is 1800. The Hall–Kier alpha value is -1.68. The molecule has 0 aromatic rings. The standard InChI is InChI=1S/C56H98O42/c57-1-8-78-43-29(71)36-22(15-64)85-50(43)92-37-23(16-65)86-52(44(30(37)72)79-9-2-58)94-39-25(18-67)88-54(46(32(39)74)81-11-4-60)96-41-27(20-69)90-56(48(34(41)76)83-13-6-62)98-42-28(21-70)91-55(49(35(42)77)84-14-7-63)97-40-26(19-68)89-53(47(33(40)75)82-12-5-61)95-38-24(17-66)87-51(93-36)45(31(38)73)80-10-3-59/h22-77H,1-21H2/t22-,23-,24-,25-,26-,27-,28-,29-,30-,31-,32-,33-,34-,35-,36-,37-,38-,39-,40-,41-,42-,43+,44+,45+,46+,47+,48+,49+,50-,51-,52-,53-,54-,55-,56-/m1/s1. The summed E-state index contributed by atoms with van der Waals surface area (Å²) >= 11 is 0. The van der Waals surface area contributed by atoms with E-state index in [1.165, 1.54) is 0 Å². The van der Waals surface area contributed by atoms with Crippen LogP contribution in [0.5, 0.6) is 0 Å². The molecule has 15 saturated heterocycles. The summed E-state index contributed by atoms with van der Waals surface area (Å²) in [5, 5.41) is 232. The van der Waals surface area contributed by atoms with Crippen LogP contribution in [-0.4, -0.2) is 461 Å². The van der Waals surface area contributed by atoms with Crippen LogP contribution in [0.4, 0.5) is 0 Å². The molecule has 0 aliphatic carbocycles. The van der Waals surface area contributed by atoms with Crippen molar-refractivity contribution in [3.05, 3.63) is 0 Å². The maximum Gasteiger partial charge on any atom is 0.187 e. The second-order valence-corrected chi connectivity index (χ2v) is 23.6. The number of aliphatic hydroxyl groups excluding tert-OH is 21. The highest BCUT2D eigenvalue weighted by molar-refractivity contribution is 5.03. The van der Waals surface area contributed by atoms with Crippen molar-refractivity contribution < 1.29 is 207 Å². The zero-order valence-electron chi connectivity index (χ0n) is 53.0. The van der Waals surface area contributed by atoms with Crippen LogP contribution in [-0.2, 0) is 99.5 Å². The highest BCUT2D eigenvalue weighted by Crippen LogP contribution is 2.41. The molecule has 14 bridgehead atoms. The van der Waals surface area contributed by atoms with Gasteiger partial charge >= 0.3 is 0 Å². The van der Waals surface area contributed by atoms with Crippen LogP contribution in [0.25, 0.3) is 0 Å². The number of fused-ring (bicyclic) bond motifs is 7. The van der Waals surface area contributed by atoms with Gasteiger partial charge in [-0.2, -0.15) is 0 Å². The molecule has 15 heterocycles. The minimum absolute atomic E-state index is 0.565. The summed E-state index contributed by atoms with van der Waals surface area (Å²) in [4.78, 5) is 0. The van der Waals surface area contributed by atoms with E-state index in [0.29, 0.717) is 0 Å². The summed E-state index contributed by atoms with van der Waals surface area (Å²) in [5.41, 5.74) is 0. The minimum Gasteiger partial charge on any atom is -0.394 e. The number of rotatable bonds is 28. The summed E-state index contributed by atoms with van der Waals surface area (Å²) in [6.07, 6.45) is -65.5. The predicted molar refractivity (Wildman–Crippen MR) is 304 cm³/mol. The van der Waals surface area contributed by atoms with Crippen molar-refractivity contribution in [2.75, 3.05) is 139 Å². The molecule has 0 unspecified atom stereocenters. The first-order valence-electron chi connectivity index (χ1n) is 32.2. The molecule has 15 rings (SSSR count). The Morgan fingerprint density at radius 3 is 0.378 bits per heavy atom. The van der Waals surface area contributed by atoms with Crippen molar-refractivity contribution in [3.8, 4) is 0 Å². The van der Waals surface area contributed by atoms with Gasteiger partial charge in [0.15, 0.2) is 44.0 Å². The van der Waals surface area contributed by atoms with Crippen molar-refractivity contribution >= 4 is 0 Å². The Morgan fingerprint density at radius 1 is 0.173 bits per heavy atom. The summed E-state index contributed by atoms with van der Waals surface area (Å²) in [6, 6.07) is 0. The molecule has 15 aliphatic heterocycles. The molecule has 35 atom stereocenters. The first kappa shape index (κ1) is 82.0. The Morgan fingerprint density at radius 2 is 0.286 bits per heavy atom. The zero-order chi connectivity index (χ0) is 70.9. The minimum atomic E-state index is -2.05. The lowest BCUT2D eigenvalue weighted by atomic mass is 9.95. The van der Waals surface area contributed by atoms with E-state index in [1.807, 2.05) is 0 Å². The fourth-order valence-electron chi connectivity index (χ4n) is 12.9. The lowest BCUT2D eigenvalue weighted by Crippen LogP contribution is -2.69. The molecule has 574 valence electrons. The largest absolute Gasteiger partial charge is 0.394 e. The van der Waals surface area contributed by atoms with Crippen LogP contribution < -0.4 is 0 Å². The van der Waals surface area contributed by atoms with Gasteiger partial charge in [0.1, 0.15) is 171 Å². The first-order chi connectivity index (χ1) is 47.4. The van der Waals surface area contributed by atoms with Crippen molar-refractivity contribution in [2.45, 2.75) is 215 Å². The van der Waals surface area contributed by atoms with E-state index in [9.17, 15) is 107 Å². The average molecular weight is 1440 g/mol. The summed E-state index contributed by atoms with van der Waals surface area (Å²) < 4.78 is 127. The normalized spacial score (nSPS) is 46.1.